The highest BCUT2D eigenvalue weighted by Crippen LogP contribution is 2.20. The Kier molecular flexibility index (Phi) is 4.53. The second kappa shape index (κ2) is 6.55. The standard InChI is InChI=1S/C16H26N4/c1-2-7-19-8-10-20(11-9-19)16-5-6-17-15(12-16)13-18-14-3-4-14/h5-6,12,14,18H,2-4,7-11,13H2,1H3. The molecule has 0 aromatic carbocycles. The molecule has 0 amide bonds. The first-order chi connectivity index (χ1) is 9.85. The average Bonchev–Trinajstić information content (AvgIpc) is 3.31. The van der Waals surface area contributed by atoms with Crippen molar-refractivity contribution in [1.82, 2.24) is 15.2 Å². The Balaban J connectivity index is 1.55. The summed E-state index contributed by atoms with van der Waals surface area (Å²) in [6.07, 6.45) is 5.88. The molecule has 1 saturated heterocycles. The third-order valence-electron chi connectivity index (χ3n) is 4.23. The Hall–Kier alpha value is -1.13. The molecule has 0 bridgehead atoms. The van der Waals surface area contributed by atoms with Crippen LogP contribution < -0.4 is 10.2 Å². The van der Waals surface area contributed by atoms with Gasteiger partial charge in [-0.1, -0.05) is 6.92 Å². The predicted octanol–water partition coefficient (Wildman–Crippen LogP) is 1.87. The number of piperazine rings is 1. The maximum atomic E-state index is 4.48. The van der Waals surface area contributed by atoms with Crippen molar-refractivity contribution in [2.75, 3.05) is 37.6 Å². The first-order valence-corrected chi connectivity index (χ1v) is 8.01. The third-order valence-corrected chi connectivity index (χ3v) is 4.23. The lowest BCUT2D eigenvalue weighted by Crippen LogP contribution is -2.46. The average molecular weight is 274 g/mol. The summed E-state index contributed by atoms with van der Waals surface area (Å²) in [4.78, 5) is 9.54. The molecule has 0 spiro atoms. The molecule has 20 heavy (non-hydrogen) atoms. The lowest BCUT2D eigenvalue weighted by atomic mass is 10.2. The minimum atomic E-state index is 0.748. The fourth-order valence-electron chi connectivity index (χ4n) is 2.84. The second-order valence-electron chi connectivity index (χ2n) is 5.99. The number of pyridine rings is 1. The van der Waals surface area contributed by atoms with Crippen molar-refractivity contribution in [3.8, 4) is 0 Å². The van der Waals surface area contributed by atoms with Crippen LogP contribution >= 0.6 is 0 Å². The minimum absolute atomic E-state index is 0.748. The molecule has 0 radical (unpaired) electrons. The highest BCUT2D eigenvalue weighted by atomic mass is 15.3. The van der Waals surface area contributed by atoms with Crippen molar-refractivity contribution in [1.29, 1.82) is 0 Å². The Morgan fingerprint density at radius 1 is 1.25 bits per heavy atom. The lowest BCUT2D eigenvalue weighted by Gasteiger charge is -2.36. The number of nitrogens with one attached hydrogen (secondary N) is 1. The summed E-state index contributed by atoms with van der Waals surface area (Å²) in [5, 5.41) is 3.54. The number of rotatable bonds is 6. The monoisotopic (exact) mass is 274 g/mol. The van der Waals surface area contributed by atoms with Crippen molar-refractivity contribution in [3.05, 3.63) is 24.0 Å². The molecule has 1 N–H and O–H groups in total. The van der Waals surface area contributed by atoms with Crippen LogP contribution in [0, 0.1) is 0 Å². The molecule has 2 fully saturated rings. The van der Waals surface area contributed by atoms with Gasteiger partial charge in [-0.25, -0.2) is 0 Å². The quantitative estimate of drug-likeness (QED) is 0.858. The van der Waals surface area contributed by atoms with Crippen molar-refractivity contribution in [2.45, 2.75) is 38.8 Å². The smallest absolute Gasteiger partial charge is 0.0562 e. The summed E-state index contributed by atoms with van der Waals surface area (Å²) in [7, 11) is 0. The Labute approximate surface area is 122 Å². The van der Waals surface area contributed by atoms with Crippen LogP contribution in [0.3, 0.4) is 0 Å². The van der Waals surface area contributed by atoms with E-state index in [9.17, 15) is 0 Å². The van der Waals surface area contributed by atoms with Gasteiger partial charge in [-0.3, -0.25) is 9.88 Å². The second-order valence-corrected chi connectivity index (χ2v) is 5.99. The van der Waals surface area contributed by atoms with E-state index in [2.05, 4.69) is 39.2 Å². The van der Waals surface area contributed by atoms with Crippen LogP contribution in [0.4, 0.5) is 5.69 Å². The Morgan fingerprint density at radius 3 is 2.75 bits per heavy atom. The zero-order chi connectivity index (χ0) is 13.8. The van der Waals surface area contributed by atoms with Gasteiger partial charge in [0.15, 0.2) is 0 Å². The van der Waals surface area contributed by atoms with Crippen LogP contribution in [-0.2, 0) is 6.54 Å². The summed E-state index contributed by atoms with van der Waals surface area (Å²) in [6.45, 7) is 9.06. The van der Waals surface area contributed by atoms with Gasteiger partial charge in [-0.15, -0.1) is 0 Å². The Morgan fingerprint density at radius 2 is 2.05 bits per heavy atom. The first-order valence-electron chi connectivity index (χ1n) is 8.01. The molecule has 4 heteroatoms. The molecule has 4 nitrogen and oxygen atoms in total. The first kappa shape index (κ1) is 13.8. The molecule has 1 saturated carbocycles. The summed E-state index contributed by atoms with van der Waals surface area (Å²) in [6, 6.07) is 5.15. The van der Waals surface area contributed by atoms with Crippen molar-refractivity contribution in [2.24, 2.45) is 0 Å². The minimum Gasteiger partial charge on any atom is -0.369 e. The van der Waals surface area contributed by atoms with E-state index in [4.69, 9.17) is 0 Å². The van der Waals surface area contributed by atoms with Crippen LogP contribution in [0.15, 0.2) is 18.3 Å². The van der Waals surface area contributed by atoms with E-state index < -0.39 is 0 Å². The van der Waals surface area contributed by atoms with Gasteiger partial charge in [0.25, 0.3) is 0 Å². The van der Waals surface area contributed by atoms with Gasteiger partial charge in [-0.05, 0) is 37.9 Å². The van der Waals surface area contributed by atoms with Crippen LogP contribution in [0.1, 0.15) is 31.9 Å². The maximum absolute atomic E-state index is 4.48. The third kappa shape index (κ3) is 3.70. The van der Waals surface area contributed by atoms with E-state index in [0.29, 0.717) is 0 Å². The largest absolute Gasteiger partial charge is 0.369 e. The molecule has 2 heterocycles. The highest BCUT2D eigenvalue weighted by molar-refractivity contribution is 5.47. The number of hydrogen-bond donors (Lipinski definition) is 1. The summed E-state index contributed by atoms with van der Waals surface area (Å²) in [5.74, 6) is 0. The molecule has 1 aromatic rings. The van der Waals surface area contributed by atoms with Crippen molar-refractivity contribution < 1.29 is 0 Å². The number of aromatic nitrogens is 1. The SMILES string of the molecule is CCCN1CCN(c2ccnc(CNC3CC3)c2)CC1. The molecule has 3 rings (SSSR count). The van der Waals surface area contributed by atoms with Crippen LogP contribution in [0.25, 0.3) is 0 Å². The van der Waals surface area contributed by atoms with E-state index in [1.54, 1.807) is 0 Å². The Bertz CT molecular complexity index is 422. The van der Waals surface area contributed by atoms with E-state index in [1.165, 1.54) is 50.3 Å². The lowest BCUT2D eigenvalue weighted by molar-refractivity contribution is 0.258. The number of hydrogen-bond acceptors (Lipinski definition) is 4. The fraction of sp³-hybridized carbons (Fsp3) is 0.688. The van der Waals surface area contributed by atoms with E-state index >= 15 is 0 Å². The van der Waals surface area contributed by atoms with Gasteiger partial charge in [0.2, 0.25) is 0 Å². The topological polar surface area (TPSA) is 31.4 Å². The predicted molar refractivity (Wildman–Crippen MR) is 83.0 cm³/mol. The molecule has 0 unspecified atom stereocenters. The summed E-state index contributed by atoms with van der Waals surface area (Å²) < 4.78 is 0. The molecule has 1 aromatic heterocycles. The molecule has 110 valence electrons. The molecule has 1 aliphatic carbocycles. The van der Waals surface area contributed by atoms with Gasteiger partial charge in [0.05, 0.1) is 5.69 Å². The zero-order valence-electron chi connectivity index (χ0n) is 12.5. The maximum Gasteiger partial charge on any atom is 0.0562 e. The molecular formula is C16H26N4. The molecular weight excluding hydrogens is 248 g/mol. The van der Waals surface area contributed by atoms with Gasteiger partial charge < -0.3 is 10.2 Å². The van der Waals surface area contributed by atoms with Gasteiger partial charge in [0, 0.05) is 50.6 Å². The van der Waals surface area contributed by atoms with Crippen molar-refractivity contribution in [3.63, 3.8) is 0 Å². The van der Waals surface area contributed by atoms with E-state index in [0.717, 1.165) is 25.7 Å². The van der Waals surface area contributed by atoms with Crippen LogP contribution in [-0.4, -0.2) is 48.6 Å². The highest BCUT2D eigenvalue weighted by Gasteiger charge is 2.20. The summed E-state index contributed by atoms with van der Waals surface area (Å²) in [5.41, 5.74) is 2.51. The summed E-state index contributed by atoms with van der Waals surface area (Å²) >= 11 is 0. The van der Waals surface area contributed by atoms with E-state index in [-0.39, 0.29) is 0 Å². The van der Waals surface area contributed by atoms with Crippen molar-refractivity contribution >= 4 is 5.69 Å². The number of anilines is 1. The van der Waals surface area contributed by atoms with Gasteiger partial charge in [-0.2, -0.15) is 0 Å². The van der Waals surface area contributed by atoms with E-state index in [1.807, 2.05) is 6.20 Å². The zero-order valence-corrected chi connectivity index (χ0v) is 12.5. The molecule has 2 aliphatic rings. The van der Waals surface area contributed by atoms with Crippen LogP contribution in [0.2, 0.25) is 0 Å². The fourth-order valence-corrected chi connectivity index (χ4v) is 2.84. The molecule has 1 aliphatic heterocycles. The normalized spacial score (nSPS) is 20.4. The van der Waals surface area contributed by atoms with Gasteiger partial charge in [0.1, 0.15) is 0 Å². The van der Waals surface area contributed by atoms with Crippen LogP contribution in [0.5, 0.6) is 0 Å². The molecule has 0 atom stereocenters. The number of nitrogens with zero attached hydrogens (tertiary/aromatic N) is 3. The van der Waals surface area contributed by atoms with Gasteiger partial charge >= 0.3 is 0 Å².